The van der Waals surface area contributed by atoms with Gasteiger partial charge in [0.1, 0.15) is 5.82 Å². The van der Waals surface area contributed by atoms with E-state index in [0.29, 0.717) is 12.2 Å². The molecular formula is C14H17FO3. The van der Waals surface area contributed by atoms with Crippen molar-refractivity contribution < 1.29 is 19.0 Å². The summed E-state index contributed by atoms with van der Waals surface area (Å²) in [7, 11) is 0. The van der Waals surface area contributed by atoms with Crippen LogP contribution in [0.1, 0.15) is 37.0 Å². The van der Waals surface area contributed by atoms with E-state index in [-0.39, 0.29) is 24.1 Å². The largest absolute Gasteiger partial charge is 0.466 e. The molecule has 2 unspecified atom stereocenters. The van der Waals surface area contributed by atoms with Crippen LogP contribution in [-0.2, 0) is 16.0 Å². The van der Waals surface area contributed by atoms with E-state index in [9.17, 15) is 14.3 Å². The minimum absolute atomic E-state index is 0.182. The molecule has 98 valence electrons. The summed E-state index contributed by atoms with van der Waals surface area (Å²) < 4.78 is 18.1. The molecule has 18 heavy (non-hydrogen) atoms. The molecule has 0 spiro atoms. The van der Waals surface area contributed by atoms with Crippen molar-refractivity contribution in [1.29, 1.82) is 0 Å². The number of carbonyl (C=O) groups is 1. The highest BCUT2D eigenvalue weighted by Gasteiger charge is 2.30. The first kappa shape index (κ1) is 13.0. The Labute approximate surface area is 106 Å². The minimum Gasteiger partial charge on any atom is -0.466 e. The first-order chi connectivity index (χ1) is 8.61. The summed E-state index contributed by atoms with van der Waals surface area (Å²) in [4.78, 5) is 11.4. The van der Waals surface area contributed by atoms with Gasteiger partial charge in [0, 0.05) is 0 Å². The van der Waals surface area contributed by atoms with Crippen LogP contribution >= 0.6 is 0 Å². The van der Waals surface area contributed by atoms with Gasteiger partial charge in [0.2, 0.25) is 0 Å². The van der Waals surface area contributed by atoms with Gasteiger partial charge in [-0.15, -0.1) is 0 Å². The zero-order chi connectivity index (χ0) is 13.1. The van der Waals surface area contributed by atoms with Crippen molar-refractivity contribution in [2.45, 2.75) is 32.3 Å². The minimum atomic E-state index is -0.783. The van der Waals surface area contributed by atoms with Crippen molar-refractivity contribution in [2.75, 3.05) is 6.61 Å². The molecule has 4 heteroatoms. The number of carbonyl (C=O) groups excluding carboxylic acids is 1. The highest BCUT2D eigenvalue weighted by atomic mass is 19.1. The zero-order valence-corrected chi connectivity index (χ0v) is 10.4. The summed E-state index contributed by atoms with van der Waals surface area (Å²) in [5.41, 5.74) is 1.57. The van der Waals surface area contributed by atoms with Crippen LogP contribution in [0, 0.1) is 11.7 Å². The number of rotatable bonds is 3. The Hall–Kier alpha value is -1.42. The number of hydrogen-bond acceptors (Lipinski definition) is 3. The van der Waals surface area contributed by atoms with Gasteiger partial charge in [0.25, 0.3) is 0 Å². The second-order valence-electron chi connectivity index (χ2n) is 4.60. The summed E-state index contributed by atoms with van der Waals surface area (Å²) in [5, 5.41) is 10.2. The first-order valence-electron chi connectivity index (χ1n) is 6.23. The monoisotopic (exact) mass is 252 g/mol. The van der Waals surface area contributed by atoms with E-state index < -0.39 is 6.10 Å². The Morgan fingerprint density at radius 1 is 1.56 bits per heavy atom. The normalized spacial score (nSPS) is 22.4. The van der Waals surface area contributed by atoms with Gasteiger partial charge in [-0.05, 0) is 48.9 Å². The molecule has 3 nitrogen and oxygen atoms in total. The highest BCUT2D eigenvalue weighted by molar-refractivity contribution is 5.69. The molecule has 0 aromatic heterocycles. The second kappa shape index (κ2) is 5.48. The van der Waals surface area contributed by atoms with Crippen LogP contribution in [0.5, 0.6) is 0 Å². The van der Waals surface area contributed by atoms with Gasteiger partial charge in [-0.2, -0.15) is 0 Å². The van der Waals surface area contributed by atoms with Gasteiger partial charge in [0.05, 0.1) is 19.1 Å². The summed E-state index contributed by atoms with van der Waals surface area (Å²) in [5.74, 6) is -0.843. The van der Waals surface area contributed by atoms with E-state index in [4.69, 9.17) is 4.74 Å². The number of ether oxygens (including phenoxy) is 1. The Bertz CT molecular complexity index is 445. The molecule has 0 amide bonds. The summed E-state index contributed by atoms with van der Waals surface area (Å²) in [6.07, 6.45) is 0.884. The lowest BCUT2D eigenvalue weighted by atomic mass is 9.80. The van der Waals surface area contributed by atoms with E-state index in [2.05, 4.69) is 0 Å². The maximum absolute atomic E-state index is 13.2. The average molecular weight is 252 g/mol. The third kappa shape index (κ3) is 2.70. The van der Waals surface area contributed by atoms with Crippen molar-refractivity contribution in [2.24, 2.45) is 5.92 Å². The van der Waals surface area contributed by atoms with Crippen molar-refractivity contribution in [3.63, 3.8) is 0 Å². The number of fused-ring (bicyclic) bond motifs is 1. The lowest BCUT2D eigenvalue weighted by Gasteiger charge is -2.29. The van der Waals surface area contributed by atoms with Crippen molar-refractivity contribution >= 4 is 5.97 Å². The molecule has 2 rings (SSSR count). The standard InChI is InChI=1S/C14H17FO3/c1-2-18-13(16)7-10-4-3-9-5-6-11(15)8-12(9)14(10)17/h5-6,8,10,14,17H,2-4,7H2,1H3. The van der Waals surface area contributed by atoms with Crippen LogP contribution in [0.4, 0.5) is 4.39 Å². The Morgan fingerprint density at radius 3 is 3.06 bits per heavy atom. The molecule has 1 aliphatic rings. The van der Waals surface area contributed by atoms with Crippen LogP contribution in [0.25, 0.3) is 0 Å². The number of esters is 1. The molecule has 0 heterocycles. The van der Waals surface area contributed by atoms with Crippen LogP contribution in [-0.4, -0.2) is 17.7 Å². The maximum Gasteiger partial charge on any atom is 0.306 e. The summed E-state index contributed by atoms with van der Waals surface area (Å²) in [6.45, 7) is 2.09. The van der Waals surface area contributed by atoms with Crippen LogP contribution in [0.3, 0.4) is 0 Å². The number of halogens is 1. The van der Waals surface area contributed by atoms with Crippen LogP contribution < -0.4 is 0 Å². The van der Waals surface area contributed by atoms with Crippen molar-refractivity contribution in [1.82, 2.24) is 0 Å². The second-order valence-corrected chi connectivity index (χ2v) is 4.60. The molecule has 0 bridgehead atoms. The molecular weight excluding hydrogens is 235 g/mol. The lowest BCUT2D eigenvalue weighted by Crippen LogP contribution is -2.24. The molecule has 1 aliphatic carbocycles. The lowest BCUT2D eigenvalue weighted by molar-refractivity contribution is -0.145. The molecule has 2 atom stereocenters. The SMILES string of the molecule is CCOC(=O)CC1CCc2ccc(F)cc2C1O. The number of aliphatic hydroxyl groups is 1. The molecule has 1 aromatic rings. The predicted octanol–water partition coefficient (Wildman–Crippen LogP) is 2.37. The molecule has 0 saturated heterocycles. The summed E-state index contributed by atoms with van der Waals surface area (Å²) >= 11 is 0. The van der Waals surface area contributed by atoms with E-state index in [1.54, 1.807) is 13.0 Å². The number of aliphatic hydroxyl groups excluding tert-OH is 1. The third-order valence-corrected chi connectivity index (χ3v) is 3.39. The Kier molecular flexibility index (Phi) is 3.97. The fourth-order valence-corrected chi connectivity index (χ4v) is 2.47. The smallest absolute Gasteiger partial charge is 0.306 e. The molecule has 0 fully saturated rings. The molecule has 1 aromatic carbocycles. The van der Waals surface area contributed by atoms with Crippen molar-refractivity contribution in [3.8, 4) is 0 Å². The number of aryl methyl sites for hydroxylation is 1. The molecule has 0 radical (unpaired) electrons. The average Bonchev–Trinajstić information content (AvgIpc) is 2.34. The van der Waals surface area contributed by atoms with Crippen LogP contribution in [0.2, 0.25) is 0 Å². The van der Waals surface area contributed by atoms with Gasteiger partial charge in [-0.1, -0.05) is 6.07 Å². The quantitative estimate of drug-likeness (QED) is 0.840. The topological polar surface area (TPSA) is 46.5 Å². The van der Waals surface area contributed by atoms with E-state index in [0.717, 1.165) is 18.4 Å². The van der Waals surface area contributed by atoms with Gasteiger partial charge in [-0.25, -0.2) is 4.39 Å². The summed E-state index contributed by atoms with van der Waals surface area (Å²) in [6, 6.07) is 4.46. The fourth-order valence-electron chi connectivity index (χ4n) is 2.47. The van der Waals surface area contributed by atoms with Gasteiger partial charge in [0.15, 0.2) is 0 Å². The first-order valence-corrected chi connectivity index (χ1v) is 6.23. The Balaban J connectivity index is 2.12. The van der Waals surface area contributed by atoms with E-state index in [1.165, 1.54) is 12.1 Å². The highest BCUT2D eigenvalue weighted by Crippen LogP contribution is 2.36. The third-order valence-electron chi connectivity index (χ3n) is 3.39. The number of benzene rings is 1. The van der Waals surface area contributed by atoms with Gasteiger partial charge < -0.3 is 9.84 Å². The van der Waals surface area contributed by atoms with E-state index >= 15 is 0 Å². The van der Waals surface area contributed by atoms with E-state index in [1.807, 2.05) is 0 Å². The van der Waals surface area contributed by atoms with Crippen LogP contribution in [0.15, 0.2) is 18.2 Å². The maximum atomic E-state index is 13.2. The van der Waals surface area contributed by atoms with Gasteiger partial charge >= 0.3 is 5.97 Å². The number of hydrogen-bond donors (Lipinski definition) is 1. The Morgan fingerprint density at radius 2 is 2.33 bits per heavy atom. The fraction of sp³-hybridized carbons (Fsp3) is 0.500. The molecule has 1 N–H and O–H groups in total. The zero-order valence-electron chi connectivity index (χ0n) is 10.4. The molecule has 0 aliphatic heterocycles. The predicted molar refractivity (Wildman–Crippen MR) is 64.4 cm³/mol. The molecule has 0 saturated carbocycles. The van der Waals surface area contributed by atoms with Gasteiger partial charge in [-0.3, -0.25) is 4.79 Å². The van der Waals surface area contributed by atoms with Crippen molar-refractivity contribution in [3.05, 3.63) is 35.1 Å².